The maximum Gasteiger partial charge on any atom is 0.277 e. The third-order valence-electron chi connectivity index (χ3n) is 3.55. The first kappa shape index (κ1) is 17.3. The van der Waals surface area contributed by atoms with Crippen LogP contribution in [0.25, 0.3) is 11.3 Å². The summed E-state index contributed by atoms with van der Waals surface area (Å²) < 4.78 is 18.4. The number of benzene rings is 2. The zero-order chi connectivity index (χ0) is 18.4. The van der Waals surface area contributed by atoms with Crippen molar-refractivity contribution in [2.75, 3.05) is 6.61 Å². The number of hydrogen-bond acceptors (Lipinski definition) is 4. The summed E-state index contributed by atoms with van der Waals surface area (Å²) in [7, 11) is 0. The largest absolute Gasteiger partial charge is 0.484 e. The van der Waals surface area contributed by atoms with Crippen LogP contribution in [0.15, 0.2) is 59.8 Å². The Kier molecular flexibility index (Phi) is 5.38. The van der Waals surface area contributed by atoms with Crippen molar-refractivity contribution in [3.63, 3.8) is 0 Å². The molecule has 0 bridgehead atoms. The Morgan fingerprint density at radius 2 is 2.12 bits per heavy atom. The molecular formula is C19H17FN4O2. The average molecular weight is 352 g/mol. The first-order chi connectivity index (χ1) is 12.6. The fourth-order valence-corrected chi connectivity index (χ4v) is 2.30. The second-order valence-electron chi connectivity index (χ2n) is 5.61. The van der Waals surface area contributed by atoms with E-state index < -0.39 is 0 Å². The van der Waals surface area contributed by atoms with E-state index in [9.17, 15) is 9.18 Å². The molecule has 1 amide bonds. The van der Waals surface area contributed by atoms with E-state index in [-0.39, 0.29) is 18.3 Å². The van der Waals surface area contributed by atoms with E-state index >= 15 is 0 Å². The van der Waals surface area contributed by atoms with Crippen LogP contribution in [0.3, 0.4) is 0 Å². The molecule has 7 heteroatoms. The highest BCUT2D eigenvalue weighted by molar-refractivity contribution is 5.89. The van der Waals surface area contributed by atoms with Crippen molar-refractivity contribution >= 4 is 12.1 Å². The Labute approximate surface area is 149 Å². The van der Waals surface area contributed by atoms with E-state index in [1.165, 1.54) is 18.3 Å². The Morgan fingerprint density at radius 1 is 1.31 bits per heavy atom. The van der Waals surface area contributed by atoms with Crippen molar-refractivity contribution in [1.29, 1.82) is 0 Å². The first-order valence-electron chi connectivity index (χ1n) is 7.92. The molecule has 3 aromatic rings. The molecule has 0 saturated heterocycles. The van der Waals surface area contributed by atoms with Crippen molar-refractivity contribution in [3.05, 3.63) is 71.7 Å². The van der Waals surface area contributed by atoms with Crippen LogP contribution in [0.1, 0.15) is 11.1 Å². The number of ether oxygens (including phenoxy) is 1. The van der Waals surface area contributed by atoms with Crippen LogP contribution in [-0.4, -0.2) is 28.9 Å². The maximum atomic E-state index is 13.0. The molecule has 0 aliphatic rings. The number of aryl methyl sites for hydroxylation is 1. The van der Waals surface area contributed by atoms with Crippen LogP contribution < -0.4 is 10.2 Å². The lowest BCUT2D eigenvalue weighted by Gasteiger charge is -2.05. The van der Waals surface area contributed by atoms with Crippen LogP contribution in [0.5, 0.6) is 5.75 Å². The number of nitrogens with one attached hydrogen (secondary N) is 2. The maximum absolute atomic E-state index is 13.0. The Balaban J connectivity index is 1.56. The molecular weight excluding hydrogens is 335 g/mol. The Hall–Kier alpha value is -3.48. The molecule has 0 atom stereocenters. The zero-order valence-electron chi connectivity index (χ0n) is 14.1. The smallest absolute Gasteiger partial charge is 0.277 e. The van der Waals surface area contributed by atoms with Gasteiger partial charge in [-0.25, -0.2) is 9.82 Å². The van der Waals surface area contributed by atoms with Gasteiger partial charge in [0.1, 0.15) is 11.6 Å². The van der Waals surface area contributed by atoms with Gasteiger partial charge in [-0.15, -0.1) is 0 Å². The minimum atomic E-state index is -0.380. The van der Waals surface area contributed by atoms with Crippen LogP contribution in [0.2, 0.25) is 0 Å². The van der Waals surface area contributed by atoms with Gasteiger partial charge in [0.05, 0.1) is 18.1 Å². The minimum Gasteiger partial charge on any atom is -0.484 e. The van der Waals surface area contributed by atoms with Crippen molar-refractivity contribution in [2.24, 2.45) is 5.10 Å². The highest BCUT2D eigenvalue weighted by Gasteiger charge is 2.06. The van der Waals surface area contributed by atoms with Gasteiger partial charge < -0.3 is 4.74 Å². The number of H-pyrrole nitrogens is 1. The number of hydrazone groups is 1. The highest BCUT2D eigenvalue weighted by Crippen LogP contribution is 2.20. The van der Waals surface area contributed by atoms with E-state index in [2.05, 4.69) is 20.7 Å². The van der Waals surface area contributed by atoms with Crippen molar-refractivity contribution < 1.29 is 13.9 Å². The van der Waals surface area contributed by atoms with Crippen molar-refractivity contribution in [1.82, 2.24) is 15.6 Å². The van der Waals surface area contributed by atoms with Gasteiger partial charge in [-0.1, -0.05) is 12.1 Å². The van der Waals surface area contributed by atoms with Crippen LogP contribution in [-0.2, 0) is 4.79 Å². The van der Waals surface area contributed by atoms with E-state index in [0.29, 0.717) is 17.0 Å². The molecule has 3 rings (SSSR count). The van der Waals surface area contributed by atoms with Gasteiger partial charge in [0.25, 0.3) is 5.91 Å². The minimum absolute atomic E-state index is 0.142. The summed E-state index contributed by atoms with van der Waals surface area (Å²) >= 11 is 0. The molecule has 2 aromatic carbocycles. The molecule has 0 spiro atoms. The number of amides is 1. The third-order valence-corrected chi connectivity index (χ3v) is 3.55. The van der Waals surface area contributed by atoms with E-state index in [1.807, 2.05) is 25.1 Å². The number of aromatic amines is 1. The molecule has 2 N–H and O–H groups in total. The first-order valence-corrected chi connectivity index (χ1v) is 7.92. The molecule has 0 radical (unpaired) electrons. The van der Waals surface area contributed by atoms with Gasteiger partial charge in [-0.2, -0.15) is 10.2 Å². The predicted octanol–water partition coefficient (Wildman–Crippen LogP) is 3.05. The predicted molar refractivity (Wildman–Crippen MR) is 96.4 cm³/mol. The van der Waals surface area contributed by atoms with Crippen LogP contribution in [0, 0.1) is 12.7 Å². The summed E-state index contributed by atoms with van der Waals surface area (Å²) in [6.45, 7) is 1.80. The van der Waals surface area contributed by atoms with Gasteiger partial charge in [0.15, 0.2) is 6.61 Å². The summed E-state index contributed by atoms with van der Waals surface area (Å²) in [4.78, 5) is 11.8. The molecule has 0 aliphatic carbocycles. The average Bonchev–Trinajstić information content (AvgIpc) is 3.09. The van der Waals surface area contributed by atoms with Gasteiger partial charge in [0.2, 0.25) is 0 Å². The molecule has 6 nitrogen and oxygen atoms in total. The summed E-state index contributed by atoms with van der Waals surface area (Å²) in [5.74, 6) is -0.0727. The highest BCUT2D eigenvalue weighted by atomic mass is 19.1. The summed E-state index contributed by atoms with van der Waals surface area (Å²) in [6.07, 6.45) is 3.03. The quantitative estimate of drug-likeness (QED) is 0.529. The summed E-state index contributed by atoms with van der Waals surface area (Å²) in [5, 5.41) is 10.7. The summed E-state index contributed by atoms with van der Waals surface area (Å²) in [5.41, 5.74) is 5.55. The molecule has 0 fully saturated rings. The van der Waals surface area contributed by atoms with Crippen molar-refractivity contribution in [3.8, 4) is 17.0 Å². The number of halogens is 1. The Morgan fingerprint density at radius 3 is 2.88 bits per heavy atom. The van der Waals surface area contributed by atoms with Gasteiger partial charge >= 0.3 is 0 Å². The van der Waals surface area contributed by atoms with Gasteiger partial charge in [-0.05, 0) is 48.9 Å². The standard InChI is InChI=1S/C19H17FN4O2/c1-13-3-2-4-17(9-13)26-12-18(25)23-21-10-15-11-22-24-19(15)14-5-7-16(20)8-6-14/h2-11H,12H2,1H3,(H,22,24)(H,23,25)/b21-10+. The fourth-order valence-electron chi connectivity index (χ4n) is 2.30. The van der Waals surface area contributed by atoms with E-state index in [0.717, 1.165) is 11.1 Å². The number of nitrogens with zero attached hydrogens (tertiary/aromatic N) is 2. The molecule has 0 aliphatic heterocycles. The second kappa shape index (κ2) is 8.06. The molecule has 0 unspecified atom stereocenters. The number of aromatic nitrogens is 2. The van der Waals surface area contributed by atoms with Crippen LogP contribution >= 0.6 is 0 Å². The van der Waals surface area contributed by atoms with Crippen molar-refractivity contribution in [2.45, 2.75) is 6.92 Å². The SMILES string of the molecule is Cc1cccc(OCC(=O)N/N=C/c2cn[nH]c2-c2ccc(F)cc2)c1. The third kappa shape index (κ3) is 4.54. The number of carbonyl (C=O) groups is 1. The molecule has 26 heavy (non-hydrogen) atoms. The fraction of sp³-hybridized carbons (Fsp3) is 0.105. The van der Waals surface area contributed by atoms with Gasteiger partial charge in [0, 0.05) is 11.1 Å². The molecule has 0 saturated carbocycles. The molecule has 1 aromatic heterocycles. The second-order valence-corrected chi connectivity index (χ2v) is 5.61. The lowest BCUT2D eigenvalue weighted by atomic mass is 10.1. The number of rotatable bonds is 6. The zero-order valence-corrected chi connectivity index (χ0v) is 14.1. The lowest BCUT2D eigenvalue weighted by molar-refractivity contribution is -0.123. The number of carbonyl (C=O) groups excluding carboxylic acids is 1. The topological polar surface area (TPSA) is 79.4 Å². The van der Waals surface area contributed by atoms with Crippen LogP contribution in [0.4, 0.5) is 4.39 Å². The lowest BCUT2D eigenvalue weighted by Crippen LogP contribution is -2.24. The monoisotopic (exact) mass is 352 g/mol. The van der Waals surface area contributed by atoms with E-state index in [1.54, 1.807) is 24.4 Å². The number of hydrogen-bond donors (Lipinski definition) is 2. The van der Waals surface area contributed by atoms with E-state index in [4.69, 9.17) is 4.74 Å². The van der Waals surface area contributed by atoms with Gasteiger partial charge in [-0.3, -0.25) is 9.89 Å². The Bertz CT molecular complexity index is 919. The summed E-state index contributed by atoms with van der Waals surface area (Å²) in [6, 6.07) is 13.4. The molecule has 1 heterocycles. The normalized spacial score (nSPS) is 10.8. The molecule has 132 valence electrons.